The number of nitro groups is 1. The minimum atomic E-state index is -0.573. The summed E-state index contributed by atoms with van der Waals surface area (Å²) in [5, 5.41) is 20.3. The first kappa shape index (κ1) is 13.4. The second kappa shape index (κ2) is 5.58. The number of anilines is 1. The number of pyridine rings is 1. The molecule has 6 nitrogen and oxygen atoms in total. The van der Waals surface area contributed by atoms with E-state index in [9.17, 15) is 15.2 Å². The fraction of sp³-hybridized carbons (Fsp3) is 0.545. The molecule has 0 aliphatic heterocycles. The molecule has 0 aliphatic rings. The summed E-state index contributed by atoms with van der Waals surface area (Å²) < 4.78 is 0. The third-order valence-electron chi connectivity index (χ3n) is 2.35. The van der Waals surface area contributed by atoms with Crippen LogP contribution in [0.4, 0.5) is 11.5 Å². The van der Waals surface area contributed by atoms with Gasteiger partial charge in [-0.3, -0.25) is 10.1 Å². The van der Waals surface area contributed by atoms with Gasteiger partial charge in [-0.25, -0.2) is 4.98 Å². The summed E-state index contributed by atoms with van der Waals surface area (Å²) in [5.74, 6) is 0.282. The molecule has 1 unspecified atom stereocenters. The van der Waals surface area contributed by atoms with Crippen LogP contribution in [0.15, 0.2) is 12.1 Å². The third-order valence-corrected chi connectivity index (χ3v) is 2.35. The predicted molar refractivity (Wildman–Crippen MR) is 64.5 cm³/mol. The van der Waals surface area contributed by atoms with E-state index in [1.165, 1.54) is 12.1 Å². The smallest absolute Gasteiger partial charge is 0.311 e. The van der Waals surface area contributed by atoms with Gasteiger partial charge < -0.3 is 10.8 Å². The van der Waals surface area contributed by atoms with Gasteiger partial charge in [-0.05, 0) is 18.4 Å². The van der Waals surface area contributed by atoms with E-state index in [2.05, 4.69) is 4.98 Å². The topological polar surface area (TPSA) is 102 Å². The molecule has 0 saturated carbocycles. The highest BCUT2D eigenvalue weighted by atomic mass is 16.6. The second-order valence-electron chi connectivity index (χ2n) is 4.45. The van der Waals surface area contributed by atoms with Crippen molar-refractivity contribution in [3.05, 3.63) is 27.9 Å². The molecular formula is C11H17N3O3. The summed E-state index contributed by atoms with van der Waals surface area (Å²) in [6, 6.07) is 2.85. The van der Waals surface area contributed by atoms with Crippen molar-refractivity contribution < 1.29 is 10.0 Å². The molecule has 0 bridgehead atoms. The Hall–Kier alpha value is -1.69. The van der Waals surface area contributed by atoms with Crippen LogP contribution in [0.5, 0.6) is 0 Å². The van der Waals surface area contributed by atoms with Crippen molar-refractivity contribution in [1.29, 1.82) is 0 Å². The molecule has 0 spiro atoms. The lowest BCUT2D eigenvalue weighted by Crippen LogP contribution is -2.14. The van der Waals surface area contributed by atoms with Crippen LogP contribution in [0.1, 0.15) is 26.0 Å². The molecule has 0 aromatic carbocycles. The number of aromatic nitrogens is 1. The summed E-state index contributed by atoms with van der Waals surface area (Å²) in [6.45, 7) is 4.03. The number of nitrogens with zero attached hydrogens (tertiary/aromatic N) is 2. The van der Waals surface area contributed by atoms with Crippen LogP contribution >= 0.6 is 0 Å². The zero-order valence-electron chi connectivity index (χ0n) is 9.96. The van der Waals surface area contributed by atoms with Crippen molar-refractivity contribution in [2.75, 3.05) is 5.73 Å². The average molecular weight is 239 g/mol. The Bertz CT molecular complexity index is 407. The van der Waals surface area contributed by atoms with E-state index in [4.69, 9.17) is 5.73 Å². The van der Waals surface area contributed by atoms with Crippen molar-refractivity contribution in [3.63, 3.8) is 0 Å². The number of hydrogen-bond acceptors (Lipinski definition) is 5. The maximum absolute atomic E-state index is 10.5. The number of rotatable bonds is 5. The van der Waals surface area contributed by atoms with Crippen LogP contribution in [0.2, 0.25) is 0 Å². The molecule has 1 heterocycles. The lowest BCUT2D eigenvalue weighted by atomic mass is 10.0. The van der Waals surface area contributed by atoms with Crippen LogP contribution in [-0.4, -0.2) is 21.1 Å². The first-order valence-corrected chi connectivity index (χ1v) is 5.48. The SMILES string of the molecule is CC(C)CC(O)Cc1ccc([N+](=O)[O-])c(N)n1. The minimum absolute atomic E-state index is 0.107. The zero-order valence-corrected chi connectivity index (χ0v) is 9.96. The van der Waals surface area contributed by atoms with Gasteiger partial charge in [0, 0.05) is 18.2 Å². The van der Waals surface area contributed by atoms with E-state index >= 15 is 0 Å². The number of nitrogens with two attached hydrogens (primary N) is 1. The highest BCUT2D eigenvalue weighted by Crippen LogP contribution is 2.19. The molecular weight excluding hydrogens is 222 g/mol. The van der Waals surface area contributed by atoms with Gasteiger partial charge in [-0.1, -0.05) is 13.8 Å². The Labute approximate surface area is 99.6 Å². The van der Waals surface area contributed by atoms with Crippen molar-refractivity contribution in [3.8, 4) is 0 Å². The monoisotopic (exact) mass is 239 g/mol. The normalized spacial score (nSPS) is 12.7. The summed E-state index contributed by atoms with van der Waals surface area (Å²) in [4.78, 5) is 13.9. The molecule has 1 atom stereocenters. The van der Waals surface area contributed by atoms with Crippen molar-refractivity contribution in [2.45, 2.75) is 32.8 Å². The first-order valence-electron chi connectivity index (χ1n) is 5.48. The molecule has 17 heavy (non-hydrogen) atoms. The van der Waals surface area contributed by atoms with Crippen LogP contribution in [-0.2, 0) is 6.42 Å². The van der Waals surface area contributed by atoms with E-state index in [1.54, 1.807) is 0 Å². The number of nitrogen functional groups attached to an aromatic ring is 1. The van der Waals surface area contributed by atoms with Crippen molar-refractivity contribution in [1.82, 2.24) is 4.98 Å². The highest BCUT2D eigenvalue weighted by molar-refractivity contribution is 5.52. The zero-order chi connectivity index (χ0) is 13.0. The summed E-state index contributed by atoms with van der Waals surface area (Å²) in [7, 11) is 0. The molecule has 0 amide bonds. The standard InChI is InChI=1S/C11H17N3O3/c1-7(2)5-9(15)6-8-3-4-10(14(16)17)11(12)13-8/h3-4,7,9,15H,5-6H2,1-2H3,(H2,12,13). The van der Waals surface area contributed by atoms with E-state index in [0.717, 1.165) is 0 Å². The Balaban J connectivity index is 2.74. The van der Waals surface area contributed by atoms with E-state index in [1.807, 2.05) is 13.8 Å². The van der Waals surface area contributed by atoms with Crippen molar-refractivity contribution in [2.24, 2.45) is 5.92 Å². The molecule has 1 aromatic rings. The number of hydrogen-bond donors (Lipinski definition) is 2. The predicted octanol–water partition coefficient (Wildman–Crippen LogP) is 1.52. The number of aliphatic hydroxyl groups is 1. The molecule has 94 valence electrons. The summed E-state index contributed by atoms with van der Waals surface area (Å²) in [6.07, 6.45) is 0.530. The molecule has 1 aromatic heterocycles. The maximum atomic E-state index is 10.5. The highest BCUT2D eigenvalue weighted by Gasteiger charge is 2.15. The summed E-state index contributed by atoms with van der Waals surface area (Å²) in [5.41, 5.74) is 5.83. The van der Waals surface area contributed by atoms with Gasteiger partial charge in [-0.15, -0.1) is 0 Å². The van der Waals surface area contributed by atoms with Gasteiger partial charge in [0.25, 0.3) is 0 Å². The van der Waals surface area contributed by atoms with Crippen LogP contribution in [0, 0.1) is 16.0 Å². The van der Waals surface area contributed by atoms with E-state index < -0.39 is 11.0 Å². The van der Waals surface area contributed by atoms with Crippen molar-refractivity contribution >= 4 is 11.5 Å². The van der Waals surface area contributed by atoms with Gasteiger partial charge >= 0.3 is 5.69 Å². The van der Waals surface area contributed by atoms with E-state index in [-0.39, 0.29) is 11.5 Å². The lowest BCUT2D eigenvalue weighted by Gasteiger charge is -2.12. The lowest BCUT2D eigenvalue weighted by molar-refractivity contribution is -0.384. The van der Waals surface area contributed by atoms with E-state index in [0.29, 0.717) is 24.5 Å². The third kappa shape index (κ3) is 3.99. The molecule has 6 heteroatoms. The maximum Gasteiger partial charge on any atom is 0.311 e. The Morgan fingerprint density at radius 3 is 2.65 bits per heavy atom. The summed E-state index contributed by atoms with van der Waals surface area (Å²) >= 11 is 0. The Kier molecular flexibility index (Phi) is 4.39. The fourth-order valence-corrected chi connectivity index (χ4v) is 1.65. The Morgan fingerprint density at radius 2 is 2.18 bits per heavy atom. The molecule has 3 N–H and O–H groups in total. The quantitative estimate of drug-likeness (QED) is 0.599. The van der Waals surface area contributed by atoms with Crippen LogP contribution < -0.4 is 5.73 Å². The fourth-order valence-electron chi connectivity index (χ4n) is 1.65. The van der Waals surface area contributed by atoms with Crippen LogP contribution in [0.25, 0.3) is 0 Å². The minimum Gasteiger partial charge on any atom is -0.393 e. The second-order valence-corrected chi connectivity index (χ2v) is 4.45. The molecule has 1 rings (SSSR count). The average Bonchev–Trinajstić information content (AvgIpc) is 2.15. The molecule has 0 saturated heterocycles. The largest absolute Gasteiger partial charge is 0.393 e. The molecule has 0 aliphatic carbocycles. The first-order chi connectivity index (χ1) is 7.90. The van der Waals surface area contributed by atoms with Crippen LogP contribution in [0.3, 0.4) is 0 Å². The Morgan fingerprint density at radius 1 is 1.53 bits per heavy atom. The van der Waals surface area contributed by atoms with Gasteiger partial charge in [0.1, 0.15) is 0 Å². The molecule has 0 fully saturated rings. The van der Waals surface area contributed by atoms with Gasteiger partial charge in [0.15, 0.2) is 0 Å². The van der Waals surface area contributed by atoms with Gasteiger partial charge in [0.2, 0.25) is 5.82 Å². The van der Waals surface area contributed by atoms with Gasteiger partial charge in [0.05, 0.1) is 11.0 Å². The van der Waals surface area contributed by atoms with Gasteiger partial charge in [-0.2, -0.15) is 0 Å². The number of aliphatic hydroxyl groups excluding tert-OH is 1. The molecule has 0 radical (unpaired) electrons.